The zero-order chi connectivity index (χ0) is 21.1. The normalized spacial score (nSPS) is 19.8. The summed E-state index contributed by atoms with van der Waals surface area (Å²) in [7, 11) is 0. The molecular weight excluding hydrogens is 395 g/mol. The number of aromatic nitrogens is 2. The predicted molar refractivity (Wildman–Crippen MR) is 102 cm³/mol. The minimum absolute atomic E-state index is 0.0998. The molecule has 1 aliphatic heterocycles. The van der Waals surface area contributed by atoms with Gasteiger partial charge in [0.2, 0.25) is 5.60 Å². The highest BCUT2D eigenvalue weighted by Gasteiger charge is 2.61. The van der Waals surface area contributed by atoms with Gasteiger partial charge in [0.25, 0.3) is 5.91 Å². The number of amides is 1. The number of carbonyl (C=O) groups excluding carboxylic acids is 1. The number of fused-ring (bicyclic) bond motifs is 3. The molecule has 2 aliphatic rings. The van der Waals surface area contributed by atoms with E-state index in [-0.39, 0.29) is 33.7 Å². The molecule has 0 saturated carbocycles. The van der Waals surface area contributed by atoms with Crippen LogP contribution in [0.4, 0.5) is 13.2 Å². The molecule has 1 aromatic heterocycles. The van der Waals surface area contributed by atoms with Crippen LogP contribution in [0.1, 0.15) is 27.9 Å². The van der Waals surface area contributed by atoms with Crippen molar-refractivity contribution < 1.29 is 23.1 Å². The van der Waals surface area contributed by atoms with Crippen molar-refractivity contribution in [1.29, 1.82) is 0 Å². The molecule has 5 rings (SSSR count). The van der Waals surface area contributed by atoms with Crippen LogP contribution >= 0.6 is 0 Å². The first-order valence-corrected chi connectivity index (χ1v) is 9.44. The lowest BCUT2D eigenvalue weighted by Crippen LogP contribution is -2.43. The second-order valence-electron chi connectivity index (χ2n) is 7.47. The van der Waals surface area contributed by atoms with Gasteiger partial charge in [0.05, 0.1) is 0 Å². The topological polar surface area (TPSA) is 66.3 Å². The molecule has 5 nitrogen and oxygen atoms in total. The molecular formula is C22H16F3N3O2. The van der Waals surface area contributed by atoms with Crippen molar-refractivity contribution in [3.05, 3.63) is 71.8 Å². The van der Waals surface area contributed by atoms with Gasteiger partial charge in [-0.15, -0.1) is 0 Å². The van der Waals surface area contributed by atoms with Gasteiger partial charge in [0.15, 0.2) is 0 Å². The fourth-order valence-electron chi connectivity index (χ4n) is 4.18. The van der Waals surface area contributed by atoms with Gasteiger partial charge in [-0.25, -0.2) is 9.97 Å². The molecule has 2 heterocycles. The van der Waals surface area contributed by atoms with Crippen LogP contribution in [0.2, 0.25) is 0 Å². The average molecular weight is 411 g/mol. The van der Waals surface area contributed by atoms with Crippen LogP contribution < -0.4 is 0 Å². The fraction of sp³-hybridized carbons (Fsp3) is 0.227. The molecule has 1 saturated heterocycles. The maximum absolute atomic E-state index is 14.2. The van der Waals surface area contributed by atoms with Gasteiger partial charge in [-0.05, 0) is 35.2 Å². The minimum atomic E-state index is -4.97. The number of halogens is 3. The van der Waals surface area contributed by atoms with Crippen LogP contribution in [0, 0.1) is 0 Å². The quantitative estimate of drug-likeness (QED) is 0.697. The van der Waals surface area contributed by atoms with Crippen molar-refractivity contribution in [3.8, 4) is 22.3 Å². The Balaban J connectivity index is 1.85. The number of hydrogen-bond acceptors (Lipinski definition) is 4. The molecule has 1 amide bonds. The number of hydrogen-bond donors (Lipinski definition) is 1. The summed E-state index contributed by atoms with van der Waals surface area (Å²) < 4.78 is 42.7. The molecule has 2 aromatic carbocycles. The number of aliphatic hydroxyl groups is 1. The summed E-state index contributed by atoms with van der Waals surface area (Å²) in [5, 5.41) is 11.0. The lowest BCUT2D eigenvalue weighted by molar-refractivity contribution is -0.246. The van der Waals surface area contributed by atoms with Gasteiger partial charge in [-0.2, -0.15) is 13.2 Å². The summed E-state index contributed by atoms with van der Waals surface area (Å²) in [5.74, 6) is -0.359. The molecule has 0 bridgehead atoms. The fourth-order valence-corrected chi connectivity index (χ4v) is 4.18. The monoisotopic (exact) mass is 411 g/mol. The van der Waals surface area contributed by atoms with E-state index in [0.717, 1.165) is 6.42 Å². The number of rotatable bonds is 2. The summed E-state index contributed by atoms with van der Waals surface area (Å²) in [6.07, 6.45) is 0.159. The predicted octanol–water partition coefficient (Wildman–Crippen LogP) is 3.77. The first kappa shape index (κ1) is 18.7. The highest BCUT2D eigenvalue weighted by molar-refractivity contribution is 6.01. The lowest BCUT2D eigenvalue weighted by Gasteiger charge is -2.32. The minimum Gasteiger partial charge on any atom is -0.372 e. The Bertz CT molecular complexity index is 1160. The molecule has 152 valence electrons. The van der Waals surface area contributed by atoms with E-state index in [1.807, 2.05) is 0 Å². The van der Waals surface area contributed by atoms with Crippen LogP contribution in [0.3, 0.4) is 0 Å². The molecule has 1 atom stereocenters. The van der Waals surface area contributed by atoms with Crippen LogP contribution in [0.25, 0.3) is 22.3 Å². The van der Waals surface area contributed by atoms with Gasteiger partial charge in [-0.3, -0.25) is 4.79 Å². The van der Waals surface area contributed by atoms with Crippen LogP contribution in [0.5, 0.6) is 0 Å². The smallest absolute Gasteiger partial charge is 0.372 e. The van der Waals surface area contributed by atoms with Crippen LogP contribution in [0.15, 0.2) is 55.1 Å². The third-order valence-electron chi connectivity index (χ3n) is 5.79. The van der Waals surface area contributed by atoms with Crippen molar-refractivity contribution in [2.45, 2.75) is 18.2 Å². The van der Waals surface area contributed by atoms with E-state index in [2.05, 4.69) is 9.97 Å². The standard InChI is InChI=1S/C22H16F3N3O2/c23-22(24,25)21(30)17-5-2-1-4-15(17)19-16(14-10-26-12-27-11-14)8-13(9-18(19)21)20(29)28-6-3-7-28/h1-2,4-5,8-12,30H,3,6-7H2. The summed E-state index contributed by atoms with van der Waals surface area (Å²) in [6, 6.07) is 8.63. The van der Waals surface area contributed by atoms with E-state index in [4.69, 9.17) is 0 Å². The van der Waals surface area contributed by atoms with Gasteiger partial charge >= 0.3 is 6.18 Å². The molecule has 1 fully saturated rings. The summed E-state index contributed by atoms with van der Waals surface area (Å²) >= 11 is 0. The number of alkyl halides is 3. The Morgan fingerprint density at radius 2 is 1.73 bits per heavy atom. The Morgan fingerprint density at radius 1 is 1.03 bits per heavy atom. The second-order valence-corrected chi connectivity index (χ2v) is 7.47. The van der Waals surface area contributed by atoms with Gasteiger partial charge in [-0.1, -0.05) is 24.3 Å². The molecule has 1 aliphatic carbocycles. The van der Waals surface area contributed by atoms with Gasteiger partial charge in [0.1, 0.15) is 6.33 Å². The Labute approximate surface area is 169 Å². The van der Waals surface area contributed by atoms with Crippen molar-refractivity contribution in [1.82, 2.24) is 14.9 Å². The molecule has 8 heteroatoms. The van der Waals surface area contributed by atoms with Crippen molar-refractivity contribution in [2.75, 3.05) is 13.1 Å². The van der Waals surface area contributed by atoms with Crippen molar-refractivity contribution in [3.63, 3.8) is 0 Å². The van der Waals surface area contributed by atoms with Crippen LogP contribution in [-0.4, -0.2) is 45.1 Å². The average Bonchev–Trinajstić information content (AvgIpc) is 2.97. The third-order valence-corrected chi connectivity index (χ3v) is 5.79. The first-order chi connectivity index (χ1) is 14.3. The van der Waals surface area contributed by atoms with E-state index in [9.17, 15) is 23.1 Å². The number of nitrogens with zero attached hydrogens (tertiary/aromatic N) is 3. The first-order valence-electron chi connectivity index (χ1n) is 9.44. The maximum Gasteiger partial charge on any atom is 0.425 e. The number of likely N-dealkylation sites (tertiary alicyclic amines) is 1. The summed E-state index contributed by atoms with van der Waals surface area (Å²) in [5.41, 5.74) is -2.36. The zero-order valence-electron chi connectivity index (χ0n) is 15.6. The lowest BCUT2D eigenvalue weighted by atomic mass is 9.87. The zero-order valence-corrected chi connectivity index (χ0v) is 15.6. The number of benzene rings is 2. The Kier molecular flexibility index (Phi) is 3.98. The van der Waals surface area contributed by atoms with E-state index in [1.54, 1.807) is 23.1 Å². The van der Waals surface area contributed by atoms with E-state index < -0.39 is 11.8 Å². The van der Waals surface area contributed by atoms with Crippen molar-refractivity contribution in [2.24, 2.45) is 0 Å². The Morgan fingerprint density at radius 3 is 2.37 bits per heavy atom. The molecule has 30 heavy (non-hydrogen) atoms. The molecule has 0 radical (unpaired) electrons. The Hall–Kier alpha value is -3.26. The summed E-state index contributed by atoms with van der Waals surface area (Å²) in [4.78, 5) is 22.4. The van der Waals surface area contributed by atoms with E-state index in [0.29, 0.717) is 24.2 Å². The summed E-state index contributed by atoms with van der Waals surface area (Å²) in [6.45, 7) is 1.12. The molecule has 1 N–H and O–H groups in total. The largest absolute Gasteiger partial charge is 0.425 e. The molecule has 1 unspecified atom stereocenters. The van der Waals surface area contributed by atoms with Crippen molar-refractivity contribution >= 4 is 5.91 Å². The van der Waals surface area contributed by atoms with E-state index in [1.165, 1.54) is 36.9 Å². The molecule has 3 aromatic rings. The highest BCUT2D eigenvalue weighted by atomic mass is 19.4. The van der Waals surface area contributed by atoms with E-state index >= 15 is 0 Å². The van der Waals surface area contributed by atoms with Gasteiger partial charge < -0.3 is 10.0 Å². The SMILES string of the molecule is O=C(c1cc(-c2cncnc2)c2c(c1)C(O)(C(F)(F)F)c1ccccc1-2)N1CCC1. The maximum atomic E-state index is 14.2. The third kappa shape index (κ3) is 2.50. The molecule has 0 spiro atoms. The highest BCUT2D eigenvalue weighted by Crippen LogP contribution is 2.57. The number of carbonyl (C=O) groups is 1. The second kappa shape index (κ2) is 6.37. The van der Waals surface area contributed by atoms with Gasteiger partial charge in [0, 0.05) is 47.7 Å². The van der Waals surface area contributed by atoms with Crippen LogP contribution in [-0.2, 0) is 5.60 Å².